The zero-order valence-electron chi connectivity index (χ0n) is 8.91. The Morgan fingerprint density at radius 3 is 2.69 bits per heavy atom. The van der Waals surface area contributed by atoms with Crippen LogP contribution in [0.5, 0.6) is 0 Å². The van der Waals surface area contributed by atoms with Gasteiger partial charge in [0.25, 0.3) is 5.90 Å². The molecule has 0 aromatic heterocycles. The highest BCUT2D eigenvalue weighted by Crippen LogP contribution is 1.95. The molecule has 0 aliphatic rings. The molecule has 1 aromatic rings. The van der Waals surface area contributed by atoms with Crippen molar-refractivity contribution in [3.05, 3.63) is 35.9 Å². The standard InChI is InChI=1S/C10H14N4O2/c1-12-16-9(11)10(15)14-13-7-8-5-3-2-4-6-8/h2-6,11-13H,7H2,1H3,(H,14,15). The Hall–Kier alpha value is -1.92. The minimum Gasteiger partial charge on any atom is -0.383 e. The number of rotatable bonds is 4. The van der Waals surface area contributed by atoms with E-state index in [4.69, 9.17) is 5.41 Å². The molecule has 0 aliphatic carbocycles. The normalized spacial score (nSPS) is 9.56. The van der Waals surface area contributed by atoms with Gasteiger partial charge in [-0.15, -0.1) is 0 Å². The first-order valence-corrected chi connectivity index (χ1v) is 4.73. The number of carbonyl (C=O) groups excluding carboxylic acids is 1. The molecule has 6 nitrogen and oxygen atoms in total. The molecular weight excluding hydrogens is 208 g/mol. The lowest BCUT2D eigenvalue weighted by atomic mass is 10.2. The Labute approximate surface area is 93.4 Å². The van der Waals surface area contributed by atoms with Crippen LogP contribution in [-0.4, -0.2) is 18.9 Å². The van der Waals surface area contributed by atoms with Crippen LogP contribution in [0.15, 0.2) is 30.3 Å². The first-order valence-electron chi connectivity index (χ1n) is 4.73. The average Bonchev–Trinajstić information content (AvgIpc) is 2.30. The molecule has 0 radical (unpaired) electrons. The second-order valence-corrected chi connectivity index (χ2v) is 2.93. The lowest BCUT2D eigenvalue weighted by Gasteiger charge is -2.07. The molecular formula is C10H14N4O2. The van der Waals surface area contributed by atoms with Crippen molar-refractivity contribution < 1.29 is 9.63 Å². The minimum absolute atomic E-state index is 0.486. The van der Waals surface area contributed by atoms with Gasteiger partial charge in [0.1, 0.15) is 0 Å². The fraction of sp³-hybridized carbons (Fsp3) is 0.200. The number of hydroxylamine groups is 1. The average molecular weight is 222 g/mol. The summed E-state index contributed by atoms with van der Waals surface area (Å²) in [6.07, 6.45) is 0. The van der Waals surface area contributed by atoms with Crippen LogP contribution in [0.4, 0.5) is 0 Å². The van der Waals surface area contributed by atoms with Crippen LogP contribution in [0, 0.1) is 5.41 Å². The van der Waals surface area contributed by atoms with E-state index in [0.717, 1.165) is 5.56 Å². The molecule has 0 bridgehead atoms. The zero-order chi connectivity index (χ0) is 11.8. The van der Waals surface area contributed by atoms with E-state index in [2.05, 4.69) is 21.2 Å². The topological polar surface area (TPSA) is 86.2 Å². The van der Waals surface area contributed by atoms with E-state index < -0.39 is 11.8 Å². The number of hydrazine groups is 1. The Kier molecular flexibility index (Phi) is 4.97. The summed E-state index contributed by atoms with van der Waals surface area (Å²) in [5, 5.41) is 7.14. The number of amides is 1. The second kappa shape index (κ2) is 6.54. The second-order valence-electron chi connectivity index (χ2n) is 2.93. The molecule has 1 rings (SSSR count). The molecule has 0 heterocycles. The van der Waals surface area contributed by atoms with Crippen LogP contribution in [0.25, 0.3) is 0 Å². The molecule has 0 saturated carbocycles. The molecule has 1 aromatic carbocycles. The first-order chi connectivity index (χ1) is 7.74. The summed E-state index contributed by atoms with van der Waals surface area (Å²) in [7, 11) is 1.47. The van der Waals surface area contributed by atoms with E-state index in [1.807, 2.05) is 30.3 Å². The van der Waals surface area contributed by atoms with Crippen molar-refractivity contribution in [2.75, 3.05) is 7.05 Å². The van der Waals surface area contributed by atoms with Crippen molar-refractivity contribution in [2.24, 2.45) is 0 Å². The maximum Gasteiger partial charge on any atom is 0.322 e. The summed E-state index contributed by atoms with van der Waals surface area (Å²) >= 11 is 0. The quantitative estimate of drug-likeness (QED) is 0.326. The van der Waals surface area contributed by atoms with Gasteiger partial charge in [0.05, 0.1) is 0 Å². The molecule has 4 N–H and O–H groups in total. The highest BCUT2D eigenvalue weighted by atomic mass is 16.7. The number of carbonyl (C=O) groups is 1. The summed E-state index contributed by atoms with van der Waals surface area (Å²) in [5.74, 6) is -1.13. The predicted molar refractivity (Wildman–Crippen MR) is 59.3 cm³/mol. The van der Waals surface area contributed by atoms with Crippen molar-refractivity contribution in [1.82, 2.24) is 16.3 Å². The smallest absolute Gasteiger partial charge is 0.322 e. The van der Waals surface area contributed by atoms with Gasteiger partial charge in [0, 0.05) is 13.6 Å². The van der Waals surface area contributed by atoms with Crippen molar-refractivity contribution in [2.45, 2.75) is 6.54 Å². The summed E-state index contributed by atoms with van der Waals surface area (Å²) in [6.45, 7) is 0.486. The van der Waals surface area contributed by atoms with Crippen molar-refractivity contribution in [3.63, 3.8) is 0 Å². The van der Waals surface area contributed by atoms with E-state index in [1.54, 1.807) is 0 Å². The van der Waals surface area contributed by atoms with Gasteiger partial charge in [0.2, 0.25) is 0 Å². The minimum atomic E-state index is -0.634. The number of nitrogens with one attached hydrogen (secondary N) is 4. The fourth-order valence-corrected chi connectivity index (χ4v) is 1.03. The molecule has 0 atom stereocenters. The predicted octanol–water partition coefficient (Wildman–Crippen LogP) is -0.0643. The summed E-state index contributed by atoms with van der Waals surface area (Å²) in [6, 6.07) is 9.58. The molecule has 0 spiro atoms. The van der Waals surface area contributed by atoms with E-state index in [-0.39, 0.29) is 0 Å². The van der Waals surface area contributed by atoms with Crippen molar-refractivity contribution >= 4 is 11.8 Å². The monoisotopic (exact) mass is 222 g/mol. The van der Waals surface area contributed by atoms with Gasteiger partial charge >= 0.3 is 5.91 Å². The van der Waals surface area contributed by atoms with Gasteiger partial charge in [-0.3, -0.25) is 15.6 Å². The van der Waals surface area contributed by atoms with Crippen LogP contribution < -0.4 is 16.3 Å². The molecule has 6 heteroatoms. The van der Waals surface area contributed by atoms with Crippen LogP contribution in [0.3, 0.4) is 0 Å². The third-order valence-corrected chi connectivity index (χ3v) is 1.75. The third-order valence-electron chi connectivity index (χ3n) is 1.75. The van der Waals surface area contributed by atoms with Crippen molar-refractivity contribution in [3.8, 4) is 0 Å². The number of benzene rings is 1. The Morgan fingerprint density at radius 2 is 2.06 bits per heavy atom. The molecule has 16 heavy (non-hydrogen) atoms. The third kappa shape index (κ3) is 4.07. The zero-order valence-corrected chi connectivity index (χ0v) is 8.91. The van der Waals surface area contributed by atoms with Gasteiger partial charge in [-0.1, -0.05) is 30.3 Å². The Bertz CT molecular complexity index is 353. The lowest BCUT2D eigenvalue weighted by molar-refractivity contribution is -0.117. The van der Waals surface area contributed by atoms with Gasteiger partial charge < -0.3 is 4.84 Å². The van der Waals surface area contributed by atoms with Gasteiger partial charge in [-0.2, -0.15) is 5.48 Å². The highest BCUT2D eigenvalue weighted by Gasteiger charge is 2.09. The molecule has 0 aliphatic heterocycles. The summed E-state index contributed by atoms with van der Waals surface area (Å²) < 4.78 is 0. The van der Waals surface area contributed by atoms with E-state index >= 15 is 0 Å². The maximum atomic E-state index is 11.2. The summed E-state index contributed by atoms with van der Waals surface area (Å²) in [5.41, 5.74) is 8.30. The van der Waals surface area contributed by atoms with E-state index in [0.29, 0.717) is 6.54 Å². The van der Waals surface area contributed by atoms with Crippen LogP contribution in [0.2, 0.25) is 0 Å². The molecule has 0 unspecified atom stereocenters. The molecule has 0 fully saturated rings. The molecule has 86 valence electrons. The first kappa shape index (κ1) is 12.2. The largest absolute Gasteiger partial charge is 0.383 e. The molecule has 0 saturated heterocycles. The summed E-state index contributed by atoms with van der Waals surface area (Å²) in [4.78, 5) is 15.6. The lowest BCUT2D eigenvalue weighted by Crippen LogP contribution is -2.42. The van der Waals surface area contributed by atoms with E-state index in [1.165, 1.54) is 7.05 Å². The SMILES string of the molecule is CNOC(=N)C(=O)NNCc1ccccc1. The number of hydrogen-bond acceptors (Lipinski definition) is 5. The Balaban J connectivity index is 2.26. The van der Waals surface area contributed by atoms with Gasteiger partial charge in [-0.25, -0.2) is 5.43 Å². The van der Waals surface area contributed by atoms with Gasteiger partial charge in [0.15, 0.2) is 0 Å². The highest BCUT2D eigenvalue weighted by molar-refractivity contribution is 6.33. The van der Waals surface area contributed by atoms with E-state index in [9.17, 15) is 4.79 Å². The molecule has 1 amide bonds. The van der Waals surface area contributed by atoms with Crippen LogP contribution in [0.1, 0.15) is 5.56 Å². The van der Waals surface area contributed by atoms with Crippen molar-refractivity contribution in [1.29, 1.82) is 5.41 Å². The Morgan fingerprint density at radius 1 is 1.38 bits per heavy atom. The van der Waals surface area contributed by atoms with Gasteiger partial charge in [-0.05, 0) is 5.56 Å². The van der Waals surface area contributed by atoms with Crippen LogP contribution in [-0.2, 0) is 16.2 Å². The number of hydrogen-bond donors (Lipinski definition) is 4. The maximum absolute atomic E-state index is 11.2. The fourth-order valence-electron chi connectivity index (χ4n) is 1.03. The van der Waals surface area contributed by atoms with Crippen LogP contribution >= 0.6 is 0 Å².